The standard InChI is InChI=1S/C23H24N2O5/c1-4-28-20-12-10-17(14-21(20)29-5-2)11-13-22(26)30-16(3)23(27)25-19-9-7-6-8-18(19)15-24/h6-14,16H,4-5H2,1-3H3,(H,25,27). The van der Waals surface area contributed by atoms with Gasteiger partial charge in [-0.15, -0.1) is 0 Å². The molecule has 0 aliphatic carbocycles. The highest BCUT2D eigenvalue weighted by Crippen LogP contribution is 2.29. The lowest BCUT2D eigenvalue weighted by Crippen LogP contribution is -2.29. The van der Waals surface area contributed by atoms with Gasteiger partial charge in [0.2, 0.25) is 0 Å². The molecule has 0 bridgehead atoms. The Labute approximate surface area is 175 Å². The van der Waals surface area contributed by atoms with Gasteiger partial charge < -0.3 is 19.5 Å². The van der Waals surface area contributed by atoms with Gasteiger partial charge in [0, 0.05) is 6.08 Å². The molecule has 156 valence electrons. The maximum atomic E-state index is 12.3. The molecule has 0 heterocycles. The average Bonchev–Trinajstić information content (AvgIpc) is 2.74. The van der Waals surface area contributed by atoms with Crippen molar-refractivity contribution < 1.29 is 23.8 Å². The Morgan fingerprint density at radius 3 is 2.50 bits per heavy atom. The van der Waals surface area contributed by atoms with Crippen molar-refractivity contribution in [2.24, 2.45) is 0 Å². The maximum absolute atomic E-state index is 12.3. The minimum absolute atomic E-state index is 0.324. The smallest absolute Gasteiger partial charge is 0.331 e. The van der Waals surface area contributed by atoms with Crippen LogP contribution < -0.4 is 14.8 Å². The molecule has 0 radical (unpaired) electrons. The quantitative estimate of drug-likeness (QED) is 0.499. The fraction of sp³-hybridized carbons (Fsp3) is 0.261. The lowest BCUT2D eigenvalue weighted by Gasteiger charge is -2.13. The molecule has 0 saturated carbocycles. The van der Waals surface area contributed by atoms with Gasteiger partial charge in [0.05, 0.1) is 24.5 Å². The molecule has 2 rings (SSSR count). The normalized spacial score (nSPS) is 11.4. The molecule has 7 nitrogen and oxygen atoms in total. The van der Waals surface area contributed by atoms with Crippen LogP contribution in [0, 0.1) is 11.3 Å². The van der Waals surface area contributed by atoms with E-state index in [1.165, 1.54) is 13.0 Å². The molecule has 2 aromatic rings. The van der Waals surface area contributed by atoms with Crippen LogP contribution in [0.5, 0.6) is 11.5 Å². The Balaban J connectivity index is 1.99. The summed E-state index contributed by atoms with van der Waals surface area (Å²) in [5, 5.41) is 11.7. The van der Waals surface area contributed by atoms with E-state index >= 15 is 0 Å². The minimum atomic E-state index is -1.03. The van der Waals surface area contributed by atoms with Crippen molar-refractivity contribution in [3.63, 3.8) is 0 Å². The first-order chi connectivity index (χ1) is 14.5. The Bertz CT molecular complexity index is 962. The Morgan fingerprint density at radius 2 is 1.80 bits per heavy atom. The number of hydrogen-bond donors (Lipinski definition) is 1. The highest BCUT2D eigenvalue weighted by atomic mass is 16.5. The molecule has 0 aromatic heterocycles. The van der Waals surface area contributed by atoms with E-state index in [1.54, 1.807) is 48.5 Å². The number of carbonyl (C=O) groups excluding carboxylic acids is 2. The van der Waals surface area contributed by atoms with Crippen molar-refractivity contribution in [1.82, 2.24) is 0 Å². The van der Waals surface area contributed by atoms with Gasteiger partial charge in [0.15, 0.2) is 17.6 Å². The second-order valence-corrected chi connectivity index (χ2v) is 6.13. The van der Waals surface area contributed by atoms with Crippen LogP contribution in [0.15, 0.2) is 48.5 Å². The molecule has 7 heteroatoms. The molecule has 0 fully saturated rings. The zero-order valence-electron chi connectivity index (χ0n) is 17.2. The number of esters is 1. The van der Waals surface area contributed by atoms with Crippen LogP contribution in [0.1, 0.15) is 31.9 Å². The van der Waals surface area contributed by atoms with E-state index in [-0.39, 0.29) is 0 Å². The molecule has 1 N–H and O–H groups in total. The zero-order valence-corrected chi connectivity index (χ0v) is 17.2. The van der Waals surface area contributed by atoms with Gasteiger partial charge in [-0.3, -0.25) is 4.79 Å². The van der Waals surface area contributed by atoms with Crippen LogP contribution in [0.25, 0.3) is 6.08 Å². The van der Waals surface area contributed by atoms with Crippen molar-refractivity contribution in [2.75, 3.05) is 18.5 Å². The second kappa shape index (κ2) is 11.3. The minimum Gasteiger partial charge on any atom is -0.490 e. The summed E-state index contributed by atoms with van der Waals surface area (Å²) in [7, 11) is 0. The van der Waals surface area contributed by atoms with Crippen molar-refractivity contribution in [1.29, 1.82) is 5.26 Å². The van der Waals surface area contributed by atoms with E-state index in [0.717, 1.165) is 5.56 Å². The van der Waals surface area contributed by atoms with E-state index in [1.807, 2.05) is 19.9 Å². The molecule has 0 saturated heterocycles. The van der Waals surface area contributed by atoms with Gasteiger partial charge in [-0.2, -0.15) is 5.26 Å². The predicted molar refractivity (Wildman–Crippen MR) is 113 cm³/mol. The number of nitrogens with zero attached hydrogens (tertiary/aromatic N) is 1. The van der Waals surface area contributed by atoms with E-state index in [0.29, 0.717) is 36.0 Å². The Morgan fingerprint density at radius 1 is 1.10 bits per heavy atom. The van der Waals surface area contributed by atoms with Gasteiger partial charge in [0.25, 0.3) is 5.91 Å². The fourth-order valence-corrected chi connectivity index (χ4v) is 2.53. The van der Waals surface area contributed by atoms with E-state index in [9.17, 15) is 9.59 Å². The van der Waals surface area contributed by atoms with Gasteiger partial charge in [-0.1, -0.05) is 18.2 Å². The molecule has 0 aliphatic heterocycles. The molecule has 1 amide bonds. The lowest BCUT2D eigenvalue weighted by atomic mass is 10.2. The van der Waals surface area contributed by atoms with Crippen LogP contribution >= 0.6 is 0 Å². The monoisotopic (exact) mass is 408 g/mol. The molecule has 0 aliphatic rings. The summed E-state index contributed by atoms with van der Waals surface area (Å²) in [6.45, 7) is 6.21. The van der Waals surface area contributed by atoms with Crippen LogP contribution in [0.2, 0.25) is 0 Å². The number of para-hydroxylation sites is 1. The summed E-state index contributed by atoms with van der Waals surface area (Å²) in [4.78, 5) is 24.3. The molecule has 1 unspecified atom stereocenters. The first-order valence-electron chi connectivity index (χ1n) is 9.56. The van der Waals surface area contributed by atoms with E-state index < -0.39 is 18.0 Å². The van der Waals surface area contributed by atoms with E-state index in [4.69, 9.17) is 19.5 Å². The first kappa shape index (κ1) is 22.5. The van der Waals surface area contributed by atoms with E-state index in [2.05, 4.69) is 5.32 Å². The number of ether oxygens (including phenoxy) is 3. The zero-order chi connectivity index (χ0) is 21.9. The van der Waals surface area contributed by atoms with Crippen molar-refractivity contribution in [2.45, 2.75) is 26.9 Å². The van der Waals surface area contributed by atoms with Gasteiger partial charge in [-0.05, 0) is 56.7 Å². The number of nitrogens with one attached hydrogen (secondary N) is 1. The SMILES string of the molecule is CCOc1ccc(C=CC(=O)OC(C)C(=O)Nc2ccccc2C#N)cc1OCC. The third kappa shape index (κ3) is 6.38. The maximum Gasteiger partial charge on any atom is 0.331 e. The highest BCUT2D eigenvalue weighted by molar-refractivity contribution is 5.97. The molecule has 30 heavy (non-hydrogen) atoms. The van der Waals surface area contributed by atoms with Crippen LogP contribution in [-0.4, -0.2) is 31.2 Å². The fourth-order valence-electron chi connectivity index (χ4n) is 2.53. The van der Waals surface area contributed by atoms with Crippen molar-refractivity contribution in [3.05, 3.63) is 59.7 Å². The summed E-state index contributed by atoms with van der Waals surface area (Å²) >= 11 is 0. The van der Waals surface area contributed by atoms with Gasteiger partial charge >= 0.3 is 5.97 Å². The number of benzene rings is 2. The summed E-state index contributed by atoms with van der Waals surface area (Å²) in [6, 6.07) is 13.9. The number of carbonyl (C=O) groups is 2. The number of hydrogen-bond acceptors (Lipinski definition) is 6. The third-order valence-corrected chi connectivity index (χ3v) is 3.95. The molecule has 0 spiro atoms. The molecule has 1 atom stereocenters. The first-order valence-corrected chi connectivity index (χ1v) is 9.56. The summed E-state index contributed by atoms with van der Waals surface area (Å²) in [5.41, 5.74) is 1.41. The van der Waals surface area contributed by atoms with Crippen molar-refractivity contribution in [3.8, 4) is 17.6 Å². The summed E-state index contributed by atoms with van der Waals surface area (Å²) in [5.74, 6) is 0.0120. The van der Waals surface area contributed by atoms with Crippen LogP contribution in [-0.2, 0) is 14.3 Å². The number of nitriles is 1. The molecule has 2 aromatic carbocycles. The number of amides is 1. The Kier molecular flexibility index (Phi) is 8.45. The molecular weight excluding hydrogens is 384 g/mol. The number of anilines is 1. The van der Waals surface area contributed by atoms with Crippen molar-refractivity contribution >= 4 is 23.6 Å². The van der Waals surface area contributed by atoms with Gasteiger partial charge in [0.1, 0.15) is 6.07 Å². The largest absolute Gasteiger partial charge is 0.490 e. The Hall–Kier alpha value is -3.79. The second-order valence-electron chi connectivity index (χ2n) is 6.13. The average molecular weight is 408 g/mol. The number of rotatable bonds is 9. The van der Waals surface area contributed by atoms with Crippen LogP contribution in [0.3, 0.4) is 0 Å². The molecular formula is C23H24N2O5. The van der Waals surface area contributed by atoms with Gasteiger partial charge in [-0.25, -0.2) is 4.79 Å². The topological polar surface area (TPSA) is 97.6 Å². The van der Waals surface area contributed by atoms with Crippen LogP contribution in [0.4, 0.5) is 5.69 Å². The lowest BCUT2D eigenvalue weighted by molar-refractivity contribution is -0.148. The summed E-state index contributed by atoms with van der Waals surface area (Å²) in [6.07, 6.45) is 1.77. The third-order valence-electron chi connectivity index (χ3n) is 3.95. The summed E-state index contributed by atoms with van der Waals surface area (Å²) < 4.78 is 16.2. The highest BCUT2D eigenvalue weighted by Gasteiger charge is 2.17. The predicted octanol–water partition coefficient (Wildman–Crippen LogP) is 3.94.